The molecule has 5 heteroatoms. The topological polar surface area (TPSA) is 26.0 Å². The SMILES string of the molecule is Cc1noc(C(F)(F)F)c1C(C)(C)C. The van der Waals surface area contributed by atoms with Gasteiger partial charge in [0.1, 0.15) is 0 Å². The first-order valence-electron chi connectivity index (χ1n) is 4.18. The molecule has 0 spiro atoms. The third-order valence-electron chi connectivity index (χ3n) is 1.87. The molecule has 2 nitrogen and oxygen atoms in total. The molecule has 1 heterocycles. The van der Waals surface area contributed by atoms with E-state index in [-0.39, 0.29) is 5.56 Å². The number of hydrogen-bond donors (Lipinski definition) is 0. The fraction of sp³-hybridized carbons (Fsp3) is 0.667. The second kappa shape index (κ2) is 3.00. The first kappa shape index (κ1) is 11.1. The van der Waals surface area contributed by atoms with Crippen LogP contribution >= 0.6 is 0 Å². The number of hydrogen-bond acceptors (Lipinski definition) is 2. The largest absolute Gasteiger partial charge is 0.452 e. The maximum atomic E-state index is 12.5. The predicted octanol–water partition coefficient (Wildman–Crippen LogP) is 3.30. The van der Waals surface area contributed by atoms with Crippen molar-refractivity contribution in [2.75, 3.05) is 0 Å². The van der Waals surface area contributed by atoms with E-state index < -0.39 is 17.4 Å². The van der Waals surface area contributed by atoms with Gasteiger partial charge in [0.2, 0.25) is 5.76 Å². The molecule has 14 heavy (non-hydrogen) atoms. The van der Waals surface area contributed by atoms with Crippen molar-refractivity contribution in [2.45, 2.75) is 39.3 Å². The van der Waals surface area contributed by atoms with Crippen LogP contribution in [0.1, 0.15) is 37.8 Å². The summed E-state index contributed by atoms with van der Waals surface area (Å²) in [6.45, 7) is 6.60. The van der Waals surface area contributed by atoms with Gasteiger partial charge in [-0.05, 0) is 12.3 Å². The average molecular weight is 207 g/mol. The van der Waals surface area contributed by atoms with Gasteiger partial charge in [0, 0.05) is 5.56 Å². The molecule has 0 N–H and O–H groups in total. The van der Waals surface area contributed by atoms with Crippen LogP contribution in [0.5, 0.6) is 0 Å². The Balaban J connectivity index is 3.35. The highest BCUT2D eigenvalue weighted by Gasteiger charge is 2.42. The van der Waals surface area contributed by atoms with E-state index in [4.69, 9.17) is 0 Å². The van der Waals surface area contributed by atoms with Crippen molar-refractivity contribution >= 4 is 0 Å². The van der Waals surface area contributed by atoms with Crippen LogP contribution in [0.15, 0.2) is 4.52 Å². The van der Waals surface area contributed by atoms with Crippen LogP contribution in [-0.4, -0.2) is 5.16 Å². The molecule has 0 bridgehead atoms. The van der Waals surface area contributed by atoms with Gasteiger partial charge in [0.05, 0.1) is 5.69 Å². The summed E-state index contributed by atoms with van der Waals surface area (Å²) in [4.78, 5) is 0. The van der Waals surface area contributed by atoms with Crippen LogP contribution in [0.3, 0.4) is 0 Å². The molecule has 0 aliphatic rings. The van der Waals surface area contributed by atoms with Gasteiger partial charge in [0.15, 0.2) is 0 Å². The first-order valence-corrected chi connectivity index (χ1v) is 4.18. The van der Waals surface area contributed by atoms with Gasteiger partial charge >= 0.3 is 6.18 Å². The number of halogens is 3. The molecule has 0 aromatic carbocycles. The molecule has 0 amide bonds. The molecule has 0 saturated heterocycles. The van der Waals surface area contributed by atoms with E-state index >= 15 is 0 Å². The zero-order valence-electron chi connectivity index (χ0n) is 8.49. The fourth-order valence-electron chi connectivity index (χ4n) is 1.45. The minimum Gasteiger partial charge on any atom is -0.351 e. The summed E-state index contributed by atoms with van der Waals surface area (Å²) in [5.74, 6) is -0.984. The second-order valence-corrected chi connectivity index (χ2v) is 4.22. The van der Waals surface area contributed by atoms with Crippen LogP contribution in [-0.2, 0) is 11.6 Å². The monoisotopic (exact) mass is 207 g/mol. The van der Waals surface area contributed by atoms with Crippen LogP contribution < -0.4 is 0 Å². The maximum Gasteiger partial charge on any atom is 0.452 e. The summed E-state index contributed by atoms with van der Waals surface area (Å²) >= 11 is 0. The highest BCUT2D eigenvalue weighted by molar-refractivity contribution is 5.31. The number of aryl methyl sites for hydroxylation is 1. The third-order valence-corrected chi connectivity index (χ3v) is 1.87. The van der Waals surface area contributed by atoms with E-state index in [1.165, 1.54) is 6.92 Å². The van der Waals surface area contributed by atoms with E-state index in [9.17, 15) is 13.2 Å². The minimum absolute atomic E-state index is 0.130. The van der Waals surface area contributed by atoms with E-state index in [1.807, 2.05) is 0 Å². The van der Waals surface area contributed by atoms with Crippen molar-refractivity contribution in [2.24, 2.45) is 0 Å². The Morgan fingerprint density at radius 2 is 1.64 bits per heavy atom. The summed E-state index contributed by atoms with van der Waals surface area (Å²) < 4.78 is 41.7. The van der Waals surface area contributed by atoms with E-state index in [1.54, 1.807) is 20.8 Å². The summed E-state index contributed by atoms with van der Waals surface area (Å²) in [6, 6.07) is 0. The summed E-state index contributed by atoms with van der Waals surface area (Å²) in [5, 5.41) is 3.35. The highest BCUT2D eigenvalue weighted by Crippen LogP contribution is 2.38. The third kappa shape index (κ3) is 1.91. The molecule has 1 aromatic heterocycles. The van der Waals surface area contributed by atoms with Gasteiger partial charge in [-0.2, -0.15) is 13.2 Å². The highest BCUT2D eigenvalue weighted by atomic mass is 19.4. The van der Waals surface area contributed by atoms with Gasteiger partial charge in [-0.3, -0.25) is 0 Å². The Labute approximate surface area is 80.1 Å². The van der Waals surface area contributed by atoms with Crippen molar-refractivity contribution in [1.82, 2.24) is 5.16 Å². The normalized spacial score (nSPS) is 13.4. The molecule has 0 aliphatic heterocycles. The van der Waals surface area contributed by atoms with E-state index in [0.717, 1.165) is 0 Å². The molecule has 80 valence electrons. The Morgan fingerprint density at radius 3 is 1.93 bits per heavy atom. The maximum absolute atomic E-state index is 12.5. The van der Waals surface area contributed by atoms with Crippen LogP contribution in [0.4, 0.5) is 13.2 Å². The molecule has 1 rings (SSSR count). The van der Waals surface area contributed by atoms with E-state index in [2.05, 4.69) is 9.68 Å². The van der Waals surface area contributed by atoms with Crippen LogP contribution in [0.25, 0.3) is 0 Å². The van der Waals surface area contributed by atoms with Crippen molar-refractivity contribution < 1.29 is 17.7 Å². The molecular weight excluding hydrogens is 195 g/mol. The lowest BCUT2D eigenvalue weighted by atomic mass is 9.85. The predicted molar refractivity (Wildman–Crippen MR) is 44.9 cm³/mol. The standard InChI is InChI=1S/C9H12F3NO/c1-5-6(8(2,3)4)7(14-13-5)9(10,11)12/h1-4H3. The number of aromatic nitrogens is 1. The fourth-order valence-corrected chi connectivity index (χ4v) is 1.45. The molecule has 0 aliphatic carbocycles. The number of alkyl halides is 3. The molecule has 0 unspecified atom stereocenters. The lowest BCUT2D eigenvalue weighted by Crippen LogP contribution is -2.18. The number of nitrogens with zero attached hydrogens (tertiary/aromatic N) is 1. The lowest BCUT2D eigenvalue weighted by Gasteiger charge is -2.19. The van der Waals surface area contributed by atoms with Crippen molar-refractivity contribution in [3.05, 3.63) is 17.0 Å². The van der Waals surface area contributed by atoms with Gasteiger partial charge in [-0.1, -0.05) is 25.9 Å². The molecule has 1 aromatic rings. The Hall–Kier alpha value is -1.00. The van der Waals surface area contributed by atoms with Crippen LogP contribution in [0.2, 0.25) is 0 Å². The Bertz CT molecular complexity index is 333. The van der Waals surface area contributed by atoms with Crippen molar-refractivity contribution in [3.63, 3.8) is 0 Å². The summed E-state index contributed by atoms with van der Waals surface area (Å²) in [6.07, 6.45) is -4.47. The Morgan fingerprint density at radius 1 is 1.14 bits per heavy atom. The van der Waals surface area contributed by atoms with Gasteiger partial charge < -0.3 is 4.52 Å². The van der Waals surface area contributed by atoms with Gasteiger partial charge in [0.25, 0.3) is 0 Å². The van der Waals surface area contributed by atoms with E-state index in [0.29, 0.717) is 5.69 Å². The van der Waals surface area contributed by atoms with Crippen molar-refractivity contribution in [3.8, 4) is 0 Å². The molecule has 0 fully saturated rings. The van der Waals surface area contributed by atoms with Gasteiger partial charge in [-0.15, -0.1) is 0 Å². The zero-order chi connectivity index (χ0) is 11.1. The second-order valence-electron chi connectivity index (χ2n) is 4.22. The van der Waals surface area contributed by atoms with Crippen molar-refractivity contribution in [1.29, 1.82) is 0 Å². The van der Waals surface area contributed by atoms with Gasteiger partial charge in [-0.25, -0.2) is 0 Å². The summed E-state index contributed by atoms with van der Waals surface area (Å²) in [5.41, 5.74) is -0.190. The summed E-state index contributed by atoms with van der Waals surface area (Å²) in [7, 11) is 0. The minimum atomic E-state index is -4.47. The quantitative estimate of drug-likeness (QED) is 0.652. The smallest absolute Gasteiger partial charge is 0.351 e. The van der Waals surface area contributed by atoms with Crippen LogP contribution in [0, 0.1) is 6.92 Å². The molecule has 0 saturated carbocycles. The Kier molecular flexibility index (Phi) is 2.37. The first-order chi connectivity index (χ1) is 6.14. The molecule has 0 radical (unpaired) electrons. The number of rotatable bonds is 0. The zero-order valence-corrected chi connectivity index (χ0v) is 8.49. The average Bonchev–Trinajstić information content (AvgIpc) is 2.27. The lowest BCUT2D eigenvalue weighted by molar-refractivity contribution is -0.156. The molecular formula is C9H12F3NO. The molecule has 0 atom stereocenters.